The fraction of sp³-hybridized carbons (Fsp3) is 0.444. The Bertz CT molecular complexity index is 871. The second kappa shape index (κ2) is 10.2. The zero-order valence-electron chi connectivity index (χ0n) is 15.8. The lowest BCUT2D eigenvalue weighted by molar-refractivity contribution is 0.376. The number of pyridine rings is 1. The van der Waals surface area contributed by atoms with Crippen LogP contribution in [-0.4, -0.2) is 38.8 Å². The number of aromatic nitrogens is 4. The Hall–Kier alpha value is -2.17. The van der Waals surface area contributed by atoms with E-state index in [9.17, 15) is 0 Å². The molecule has 27 heavy (non-hydrogen) atoms. The summed E-state index contributed by atoms with van der Waals surface area (Å²) in [7, 11) is 0. The van der Waals surface area contributed by atoms with Crippen molar-refractivity contribution in [3.05, 3.63) is 47.7 Å². The molecule has 0 bridgehead atoms. The van der Waals surface area contributed by atoms with Crippen LogP contribution < -0.4 is 10.6 Å². The Morgan fingerprint density at radius 1 is 1.26 bits per heavy atom. The van der Waals surface area contributed by atoms with Crippen molar-refractivity contribution in [3.8, 4) is 0 Å². The standard InChI is InChI=1S/C18H25N7O.HI/c1-4-19-18(21-12-14-11-15(13(2)3)24-26-14)20-9-8-17-23-22-16-7-5-6-10-25(16)17;/h5-7,10-11,13H,4,8-9,12H2,1-3H3,(H2,19,20,21);1H. The molecule has 9 heteroatoms. The smallest absolute Gasteiger partial charge is 0.191 e. The minimum Gasteiger partial charge on any atom is -0.359 e. The minimum atomic E-state index is 0. The number of nitrogens with one attached hydrogen (secondary N) is 2. The number of halogens is 1. The molecule has 8 nitrogen and oxygen atoms in total. The van der Waals surface area contributed by atoms with Crippen molar-refractivity contribution in [2.24, 2.45) is 4.99 Å². The molecule has 0 aliphatic carbocycles. The maximum absolute atomic E-state index is 5.33. The van der Waals surface area contributed by atoms with Gasteiger partial charge in [-0.15, -0.1) is 34.2 Å². The fourth-order valence-corrected chi connectivity index (χ4v) is 2.53. The molecule has 3 heterocycles. The Morgan fingerprint density at radius 3 is 2.85 bits per heavy atom. The third kappa shape index (κ3) is 5.65. The molecule has 146 valence electrons. The number of hydrogen-bond donors (Lipinski definition) is 2. The minimum absolute atomic E-state index is 0. The van der Waals surface area contributed by atoms with E-state index in [0.29, 0.717) is 19.0 Å². The number of nitrogens with zero attached hydrogens (tertiary/aromatic N) is 5. The first-order chi connectivity index (χ1) is 12.7. The van der Waals surface area contributed by atoms with E-state index < -0.39 is 0 Å². The molecule has 0 amide bonds. The SMILES string of the molecule is CCNC(=NCc1cc(C(C)C)no1)NCCc1nnc2ccccn12.I. The highest BCUT2D eigenvalue weighted by molar-refractivity contribution is 14.0. The highest BCUT2D eigenvalue weighted by Crippen LogP contribution is 2.14. The molecule has 0 spiro atoms. The summed E-state index contributed by atoms with van der Waals surface area (Å²) in [5, 5.41) is 19.0. The summed E-state index contributed by atoms with van der Waals surface area (Å²) in [6.45, 7) is 8.15. The lowest BCUT2D eigenvalue weighted by Crippen LogP contribution is -2.38. The summed E-state index contributed by atoms with van der Waals surface area (Å²) in [6, 6.07) is 7.83. The van der Waals surface area contributed by atoms with Crippen molar-refractivity contribution >= 4 is 35.6 Å². The van der Waals surface area contributed by atoms with Crippen LogP contribution in [0.15, 0.2) is 40.0 Å². The summed E-state index contributed by atoms with van der Waals surface area (Å²) in [4.78, 5) is 4.56. The topological polar surface area (TPSA) is 92.6 Å². The van der Waals surface area contributed by atoms with Gasteiger partial charge in [0.1, 0.15) is 12.4 Å². The zero-order valence-corrected chi connectivity index (χ0v) is 18.2. The van der Waals surface area contributed by atoms with Gasteiger partial charge < -0.3 is 15.2 Å². The van der Waals surface area contributed by atoms with E-state index in [1.165, 1.54) is 0 Å². The lowest BCUT2D eigenvalue weighted by Gasteiger charge is -2.10. The van der Waals surface area contributed by atoms with E-state index in [0.717, 1.165) is 41.9 Å². The first-order valence-corrected chi connectivity index (χ1v) is 8.93. The highest BCUT2D eigenvalue weighted by atomic mass is 127. The molecule has 2 N–H and O–H groups in total. The third-order valence-corrected chi connectivity index (χ3v) is 3.93. The predicted octanol–water partition coefficient (Wildman–Crippen LogP) is 2.76. The number of aliphatic imine (C=N–C) groups is 1. The van der Waals surface area contributed by atoms with Crippen LogP contribution in [0, 0.1) is 0 Å². The van der Waals surface area contributed by atoms with Gasteiger partial charge in [-0.1, -0.05) is 25.1 Å². The average Bonchev–Trinajstić information content (AvgIpc) is 3.27. The van der Waals surface area contributed by atoms with Gasteiger partial charge in [0.2, 0.25) is 0 Å². The van der Waals surface area contributed by atoms with Gasteiger partial charge in [0.25, 0.3) is 0 Å². The molecule has 0 fully saturated rings. The van der Waals surface area contributed by atoms with Gasteiger partial charge in [-0.05, 0) is 25.0 Å². The summed E-state index contributed by atoms with van der Waals surface area (Å²) in [5.41, 5.74) is 1.81. The Kier molecular flexibility index (Phi) is 8.01. The van der Waals surface area contributed by atoms with Gasteiger partial charge in [0.05, 0.1) is 5.69 Å². The molecule has 0 aromatic carbocycles. The van der Waals surface area contributed by atoms with E-state index in [-0.39, 0.29) is 24.0 Å². The van der Waals surface area contributed by atoms with Gasteiger partial charge in [-0.3, -0.25) is 4.40 Å². The van der Waals surface area contributed by atoms with Crippen molar-refractivity contribution in [2.45, 2.75) is 39.7 Å². The normalized spacial score (nSPS) is 11.6. The Balaban J connectivity index is 0.00000261. The lowest BCUT2D eigenvalue weighted by atomic mass is 10.1. The maximum atomic E-state index is 5.33. The van der Waals surface area contributed by atoms with Gasteiger partial charge in [0, 0.05) is 31.8 Å². The van der Waals surface area contributed by atoms with Crippen molar-refractivity contribution < 1.29 is 4.52 Å². The second-order valence-electron chi connectivity index (χ2n) is 6.29. The molecule has 3 aromatic rings. The first kappa shape index (κ1) is 21.1. The van der Waals surface area contributed by atoms with E-state index in [2.05, 4.69) is 44.8 Å². The fourth-order valence-electron chi connectivity index (χ4n) is 2.53. The largest absolute Gasteiger partial charge is 0.359 e. The van der Waals surface area contributed by atoms with Gasteiger partial charge >= 0.3 is 0 Å². The van der Waals surface area contributed by atoms with Crippen molar-refractivity contribution in [2.75, 3.05) is 13.1 Å². The van der Waals surface area contributed by atoms with Crippen LogP contribution in [-0.2, 0) is 13.0 Å². The molecule has 0 atom stereocenters. The molecule has 3 rings (SSSR count). The maximum Gasteiger partial charge on any atom is 0.191 e. The molecule has 0 unspecified atom stereocenters. The van der Waals surface area contributed by atoms with Crippen LogP contribution in [0.3, 0.4) is 0 Å². The van der Waals surface area contributed by atoms with Gasteiger partial charge in [0.15, 0.2) is 17.4 Å². The third-order valence-electron chi connectivity index (χ3n) is 3.93. The second-order valence-corrected chi connectivity index (χ2v) is 6.29. The van der Waals surface area contributed by atoms with E-state index >= 15 is 0 Å². The molecule has 0 aliphatic heterocycles. The average molecular weight is 483 g/mol. The van der Waals surface area contributed by atoms with Crippen molar-refractivity contribution in [1.82, 2.24) is 30.4 Å². The molecular formula is C18H26IN7O. The summed E-state index contributed by atoms with van der Waals surface area (Å²) in [5.74, 6) is 2.76. The number of fused-ring (bicyclic) bond motifs is 1. The van der Waals surface area contributed by atoms with E-state index in [1.807, 2.05) is 41.8 Å². The highest BCUT2D eigenvalue weighted by Gasteiger charge is 2.08. The molecule has 3 aromatic heterocycles. The summed E-state index contributed by atoms with van der Waals surface area (Å²) < 4.78 is 7.33. The van der Waals surface area contributed by atoms with E-state index in [4.69, 9.17) is 4.52 Å². The molecule has 0 saturated heterocycles. The van der Waals surface area contributed by atoms with Crippen LogP contribution in [0.25, 0.3) is 5.65 Å². The number of rotatable bonds is 7. The monoisotopic (exact) mass is 483 g/mol. The quantitative estimate of drug-likeness (QED) is 0.305. The first-order valence-electron chi connectivity index (χ1n) is 8.93. The molecule has 0 radical (unpaired) electrons. The van der Waals surface area contributed by atoms with Crippen molar-refractivity contribution in [1.29, 1.82) is 0 Å². The Labute approximate surface area is 175 Å². The summed E-state index contributed by atoms with van der Waals surface area (Å²) >= 11 is 0. The molecule has 0 saturated carbocycles. The zero-order chi connectivity index (χ0) is 18.4. The number of guanidine groups is 1. The molecule has 0 aliphatic rings. The van der Waals surface area contributed by atoms with Crippen LogP contribution in [0.1, 0.15) is 44.0 Å². The Morgan fingerprint density at radius 2 is 2.11 bits per heavy atom. The predicted molar refractivity (Wildman–Crippen MR) is 116 cm³/mol. The van der Waals surface area contributed by atoms with Crippen LogP contribution in [0.4, 0.5) is 0 Å². The number of hydrogen-bond acceptors (Lipinski definition) is 5. The van der Waals surface area contributed by atoms with Crippen LogP contribution in [0.2, 0.25) is 0 Å². The molecular weight excluding hydrogens is 457 g/mol. The van der Waals surface area contributed by atoms with E-state index in [1.54, 1.807) is 0 Å². The van der Waals surface area contributed by atoms with Crippen LogP contribution >= 0.6 is 24.0 Å². The van der Waals surface area contributed by atoms with Crippen molar-refractivity contribution in [3.63, 3.8) is 0 Å². The summed E-state index contributed by atoms with van der Waals surface area (Å²) in [6.07, 6.45) is 2.72. The van der Waals surface area contributed by atoms with Crippen LogP contribution in [0.5, 0.6) is 0 Å². The van der Waals surface area contributed by atoms with Gasteiger partial charge in [-0.25, -0.2) is 4.99 Å². The van der Waals surface area contributed by atoms with Gasteiger partial charge in [-0.2, -0.15) is 0 Å².